The zero-order chi connectivity index (χ0) is 21.1. The molecule has 8 nitrogen and oxygen atoms in total. The third-order valence-electron chi connectivity index (χ3n) is 4.22. The van der Waals surface area contributed by atoms with Crippen molar-refractivity contribution in [2.24, 2.45) is 0 Å². The average molecular weight is 429 g/mol. The van der Waals surface area contributed by atoms with E-state index >= 15 is 0 Å². The van der Waals surface area contributed by atoms with Crippen LogP contribution in [0.5, 0.6) is 0 Å². The van der Waals surface area contributed by atoms with E-state index in [-0.39, 0.29) is 26.8 Å². The van der Waals surface area contributed by atoms with E-state index < -0.39 is 34.1 Å². The van der Waals surface area contributed by atoms with Gasteiger partial charge in [0.15, 0.2) is 5.78 Å². The van der Waals surface area contributed by atoms with Gasteiger partial charge < -0.3 is 15.3 Å². The van der Waals surface area contributed by atoms with E-state index in [1.165, 1.54) is 30.3 Å². The molecule has 0 spiro atoms. The lowest BCUT2D eigenvalue weighted by Gasteiger charge is -2.16. The molecule has 0 aliphatic carbocycles. The predicted octanol–water partition coefficient (Wildman–Crippen LogP) is 2.72. The maximum atomic E-state index is 12.6. The van der Waals surface area contributed by atoms with E-state index in [1.807, 2.05) is 0 Å². The standard InChI is InChI=1S/C18H21ClN2O6S/c1-11(20)17(12(2)22)16(23)10-27-18(24)14-9-13(5-6-15(14)19)28(25,26)21-7-3-4-8-21/h5-6,9,20,23H,3-4,7-8,10H2,1-2H3/b17-16-,20-11?. The highest BCUT2D eigenvalue weighted by Crippen LogP contribution is 2.26. The summed E-state index contributed by atoms with van der Waals surface area (Å²) < 4.78 is 31.6. The number of carbonyl (C=O) groups is 2. The van der Waals surface area contributed by atoms with Gasteiger partial charge in [0, 0.05) is 18.8 Å². The van der Waals surface area contributed by atoms with Gasteiger partial charge in [-0.25, -0.2) is 13.2 Å². The molecule has 0 amide bonds. The number of benzene rings is 1. The summed E-state index contributed by atoms with van der Waals surface area (Å²) >= 11 is 6.01. The molecule has 0 atom stereocenters. The maximum Gasteiger partial charge on any atom is 0.340 e. The summed E-state index contributed by atoms with van der Waals surface area (Å²) in [6.07, 6.45) is 1.55. The smallest absolute Gasteiger partial charge is 0.340 e. The van der Waals surface area contributed by atoms with Crippen molar-refractivity contribution < 1.29 is 27.9 Å². The Labute approximate surface area is 168 Å². The Balaban J connectivity index is 2.25. The first-order valence-electron chi connectivity index (χ1n) is 8.51. The molecule has 2 rings (SSSR count). The lowest BCUT2D eigenvalue weighted by atomic mass is 10.1. The number of aliphatic hydroxyl groups excluding tert-OH is 1. The Morgan fingerprint density at radius 3 is 2.39 bits per heavy atom. The van der Waals surface area contributed by atoms with E-state index in [0.29, 0.717) is 13.1 Å². The van der Waals surface area contributed by atoms with Crippen molar-refractivity contribution in [3.63, 3.8) is 0 Å². The number of esters is 1. The predicted molar refractivity (Wildman–Crippen MR) is 103 cm³/mol. The van der Waals surface area contributed by atoms with E-state index in [1.54, 1.807) is 0 Å². The second kappa shape index (κ2) is 8.85. The molecule has 152 valence electrons. The third kappa shape index (κ3) is 4.78. The molecule has 1 fully saturated rings. The number of Topliss-reactive ketones (excluding diaryl/α,β-unsaturated/α-hetero) is 1. The summed E-state index contributed by atoms with van der Waals surface area (Å²) in [5.41, 5.74) is -0.590. The molecule has 1 aliphatic rings. The van der Waals surface area contributed by atoms with Crippen LogP contribution in [0.25, 0.3) is 0 Å². The second-order valence-corrected chi connectivity index (χ2v) is 8.68. The Kier molecular flexibility index (Phi) is 6.97. The summed E-state index contributed by atoms with van der Waals surface area (Å²) in [6.45, 7) is 2.68. The van der Waals surface area contributed by atoms with Crippen LogP contribution in [-0.2, 0) is 19.6 Å². The van der Waals surface area contributed by atoms with Crippen LogP contribution < -0.4 is 0 Å². The lowest BCUT2D eigenvalue weighted by molar-refractivity contribution is -0.113. The SMILES string of the molecule is CC(=N)/C(C(C)=O)=C(/O)COC(=O)c1cc(S(=O)(=O)N2CCCC2)ccc1Cl. The number of allylic oxidation sites excluding steroid dienone is 1. The Morgan fingerprint density at radius 1 is 1.25 bits per heavy atom. The summed E-state index contributed by atoms with van der Waals surface area (Å²) in [4.78, 5) is 23.8. The maximum absolute atomic E-state index is 12.6. The normalized spacial score (nSPS) is 15.8. The van der Waals surface area contributed by atoms with Crippen LogP contribution in [0.2, 0.25) is 5.02 Å². The number of aliphatic hydroxyl groups is 1. The van der Waals surface area contributed by atoms with Crippen LogP contribution in [0.15, 0.2) is 34.4 Å². The molecule has 1 aliphatic heterocycles. The van der Waals surface area contributed by atoms with Crippen LogP contribution >= 0.6 is 11.6 Å². The number of ketones is 1. The van der Waals surface area contributed by atoms with Gasteiger partial charge in [0.2, 0.25) is 10.0 Å². The molecule has 0 bridgehead atoms. The van der Waals surface area contributed by atoms with Gasteiger partial charge in [-0.3, -0.25) is 4.79 Å². The van der Waals surface area contributed by atoms with Gasteiger partial charge in [0.1, 0.15) is 12.4 Å². The second-order valence-electron chi connectivity index (χ2n) is 6.33. The number of ether oxygens (including phenoxy) is 1. The quantitative estimate of drug-likeness (QED) is 0.297. The third-order valence-corrected chi connectivity index (χ3v) is 6.44. The minimum Gasteiger partial charge on any atom is -0.508 e. The van der Waals surface area contributed by atoms with Crippen LogP contribution in [0, 0.1) is 5.41 Å². The molecule has 1 aromatic carbocycles. The van der Waals surface area contributed by atoms with Crippen LogP contribution in [-0.4, -0.2) is 55.0 Å². The highest BCUT2D eigenvalue weighted by Gasteiger charge is 2.28. The molecule has 1 heterocycles. The minimum absolute atomic E-state index is 0.0103. The lowest BCUT2D eigenvalue weighted by Crippen LogP contribution is -2.28. The zero-order valence-corrected chi connectivity index (χ0v) is 17.1. The van der Waals surface area contributed by atoms with Crippen LogP contribution in [0.4, 0.5) is 0 Å². The Bertz CT molecular complexity index is 933. The first-order valence-corrected chi connectivity index (χ1v) is 10.3. The fourth-order valence-electron chi connectivity index (χ4n) is 2.87. The number of sulfonamides is 1. The van der Waals surface area contributed by atoms with Crippen molar-refractivity contribution in [3.05, 3.63) is 40.1 Å². The number of halogens is 1. The number of nitrogens with one attached hydrogen (secondary N) is 1. The number of rotatable bonds is 7. The van der Waals surface area contributed by atoms with Crippen molar-refractivity contribution in [2.45, 2.75) is 31.6 Å². The number of carbonyl (C=O) groups excluding carboxylic acids is 2. The molecule has 10 heteroatoms. The van der Waals surface area contributed by atoms with E-state index in [9.17, 15) is 23.1 Å². The van der Waals surface area contributed by atoms with Crippen molar-refractivity contribution in [1.29, 1.82) is 5.41 Å². The van der Waals surface area contributed by atoms with E-state index in [0.717, 1.165) is 18.9 Å². The fourth-order valence-corrected chi connectivity index (χ4v) is 4.60. The zero-order valence-electron chi connectivity index (χ0n) is 15.5. The molecule has 0 saturated carbocycles. The number of hydrogen-bond acceptors (Lipinski definition) is 7. The summed E-state index contributed by atoms with van der Waals surface area (Å²) in [5, 5.41) is 17.4. The van der Waals surface area contributed by atoms with Gasteiger partial charge in [0.25, 0.3) is 0 Å². The van der Waals surface area contributed by atoms with Crippen molar-refractivity contribution >= 4 is 39.1 Å². The Morgan fingerprint density at radius 2 is 1.86 bits per heavy atom. The topological polar surface area (TPSA) is 125 Å². The molecule has 28 heavy (non-hydrogen) atoms. The highest BCUT2D eigenvalue weighted by molar-refractivity contribution is 7.89. The molecule has 2 N–H and O–H groups in total. The number of nitrogens with zero attached hydrogens (tertiary/aromatic N) is 1. The molecular weight excluding hydrogens is 408 g/mol. The molecule has 0 radical (unpaired) electrons. The molecule has 1 aromatic rings. The van der Waals surface area contributed by atoms with Crippen LogP contribution in [0.3, 0.4) is 0 Å². The monoisotopic (exact) mass is 428 g/mol. The molecule has 1 saturated heterocycles. The van der Waals surface area contributed by atoms with E-state index in [2.05, 4.69) is 0 Å². The van der Waals surface area contributed by atoms with Crippen molar-refractivity contribution in [3.8, 4) is 0 Å². The molecule has 0 aromatic heterocycles. The van der Waals surface area contributed by atoms with Gasteiger partial charge in [-0.1, -0.05) is 11.6 Å². The first-order chi connectivity index (χ1) is 13.1. The van der Waals surface area contributed by atoms with Gasteiger partial charge in [-0.15, -0.1) is 0 Å². The highest BCUT2D eigenvalue weighted by atomic mass is 35.5. The average Bonchev–Trinajstić information content (AvgIpc) is 3.14. The molecule has 0 unspecified atom stereocenters. The first kappa shape index (κ1) is 22.1. The van der Waals surface area contributed by atoms with Gasteiger partial charge in [0.05, 0.1) is 21.1 Å². The molecular formula is C18H21ClN2O6S. The largest absolute Gasteiger partial charge is 0.508 e. The fraction of sp³-hybridized carbons (Fsp3) is 0.389. The van der Waals surface area contributed by atoms with Crippen molar-refractivity contribution in [1.82, 2.24) is 4.31 Å². The van der Waals surface area contributed by atoms with Gasteiger partial charge >= 0.3 is 5.97 Å². The van der Waals surface area contributed by atoms with E-state index in [4.69, 9.17) is 21.7 Å². The van der Waals surface area contributed by atoms with Gasteiger partial charge in [-0.05, 0) is 44.9 Å². The summed E-state index contributed by atoms with van der Waals surface area (Å²) in [6, 6.07) is 3.74. The number of hydrogen-bond donors (Lipinski definition) is 2. The Hall–Kier alpha value is -2.23. The van der Waals surface area contributed by atoms with Crippen LogP contribution in [0.1, 0.15) is 37.0 Å². The van der Waals surface area contributed by atoms with Gasteiger partial charge in [-0.2, -0.15) is 4.31 Å². The summed E-state index contributed by atoms with van der Waals surface area (Å²) in [5.74, 6) is -2.07. The minimum atomic E-state index is -3.74. The summed E-state index contributed by atoms with van der Waals surface area (Å²) in [7, 11) is -3.74. The van der Waals surface area contributed by atoms with Crippen molar-refractivity contribution in [2.75, 3.05) is 19.7 Å².